The summed E-state index contributed by atoms with van der Waals surface area (Å²) in [4.78, 5) is 30.6. The van der Waals surface area contributed by atoms with Gasteiger partial charge in [0.2, 0.25) is 5.91 Å². The van der Waals surface area contributed by atoms with Crippen molar-refractivity contribution in [2.45, 2.75) is 25.3 Å². The zero-order valence-corrected chi connectivity index (χ0v) is 14.5. The van der Waals surface area contributed by atoms with Crippen molar-refractivity contribution in [3.8, 4) is 0 Å². The Hall–Kier alpha value is -2.14. The average Bonchev–Trinajstić information content (AvgIpc) is 3.09. The van der Waals surface area contributed by atoms with Gasteiger partial charge in [-0.15, -0.1) is 0 Å². The van der Waals surface area contributed by atoms with E-state index in [4.69, 9.17) is 0 Å². The van der Waals surface area contributed by atoms with Gasteiger partial charge in [0, 0.05) is 36.9 Å². The number of benzene rings is 1. The molecule has 1 unspecified atom stereocenters. The zero-order valence-electron chi connectivity index (χ0n) is 14.5. The van der Waals surface area contributed by atoms with E-state index >= 15 is 0 Å². The maximum Gasteiger partial charge on any atom is 0.253 e. The van der Waals surface area contributed by atoms with Crippen LogP contribution in [0.25, 0.3) is 0 Å². The quantitative estimate of drug-likeness (QED) is 0.797. The monoisotopic (exact) mass is 327 g/mol. The van der Waals surface area contributed by atoms with Crippen LogP contribution >= 0.6 is 0 Å². The molecule has 2 aliphatic heterocycles. The highest BCUT2D eigenvalue weighted by molar-refractivity contribution is 6.02. The van der Waals surface area contributed by atoms with Gasteiger partial charge in [-0.25, -0.2) is 0 Å². The normalized spacial score (nSPS) is 20.2. The molecule has 0 aromatic heterocycles. The first-order chi connectivity index (χ1) is 11.5. The van der Waals surface area contributed by atoms with E-state index in [1.807, 2.05) is 23.1 Å². The van der Waals surface area contributed by atoms with Crippen molar-refractivity contribution in [2.75, 3.05) is 38.6 Å². The number of carbonyl (C=O) groups is 2. The van der Waals surface area contributed by atoms with E-state index < -0.39 is 0 Å². The topological polar surface area (TPSA) is 43.9 Å². The van der Waals surface area contributed by atoms with E-state index in [1.54, 1.807) is 4.90 Å². The lowest BCUT2D eigenvalue weighted by Crippen LogP contribution is -2.35. The number of hydrogen-bond acceptors (Lipinski definition) is 3. The van der Waals surface area contributed by atoms with Crippen LogP contribution in [-0.4, -0.2) is 61.4 Å². The van der Waals surface area contributed by atoms with Crippen LogP contribution in [0.2, 0.25) is 0 Å². The molecule has 24 heavy (non-hydrogen) atoms. The van der Waals surface area contributed by atoms with Crippen LogP contribution in [0.5, 0.6) is 0 Å². The Morgan fingerprint density at radius 3 is 2.75 bits per heavy atom. The molecule has 1 fully saturated rings. The maximum atomic E-state index is 12.8. The molecule has 2 heterocycles. The highest BCUT2D eigenvalue weighted by Gasteiger charge is 2.29. The minimum atomic E-state index is -0.0802. The highest BCUT2D eigenvalue weighted by Crippen LogP contribution is 2.29. The molecule has 1 aromatic carbocycles. The third-order valence-corrected chi connectivity index (χ3v) is 5.07. The fourth-order valence-corrected chi connectivity index (χ4v) is 3.60. The Morgan fingerprint density at radius 1 is 1.29 bits per heavy atom. The SMILES string of the molecule is C=CC(=O)N1CCCc2cc(C(=O)N3CCC(N(C)C)C3)ccc21. The van der Waals surface area contributed by atoms with E-state index in [0.717, 1.165) is 49.2 Å². The van der Waals surface area contributed by atoms with Crippen LogP contribution in [0, 0.1) is 0 Å². The lowest BCUT2D eigenvalue weighted by atomic mass is 9.98. The number of anilines is 1. The summed E-state index contributed by atoms with van der Waals surface area (Å²) in [5, 5.41) is 0. The predicted octanol–water partition coefficient (Wildman–Crippen LogP) is 1.93. The van der Waals surface area contributed by atoms with Crippen LogP contribution < -0.4 is 4.90 Å². The molecule has 128 valence electrons. The predicted molar refractivity (Wildman–Crippen MR) is 95.3 cm³/mol. The number of rotatable bonds is 3. The van der Waals surface area contributed by atoms with Gasteiger partial charge in [0.1, 0.15) is 0 Å². The third-order valence-electron chi connectivity index (χ3n) is 5.07. The molecule has 0 N–H and O–H groups in total. The first-order valence-corrected chi connectivity index (χ1v) is 8.54. The summed E-state index contributed by atoms with van der Waals surface area (Å²) >= 11 is 0. The van der Waals surface area contributed by atoms with Gasteiger partial charge in [0.05, 0.1) is 0 Å². The summed E-state index contributed by atoms with van der Waals surface area (Å²) in [7, 11) is 4.12. The van der Waals surface area contributed by atoms with Crippen molar-refractivity contribution in [3.63, 3.8) is 0 Å². The number of likely N-dealkylation sites (N-methyl/N-ethyl adjacent to an activating group) is 1. The van der Waals surface area contributed by atoms with Crippen molar-refractivity contribution < 1.29 is 9.59 Å². The minimum Gasteiger partial charge on any atom is -0.337 e. The molecule has 5 heteroatoms. The van der Waals surface area contributed by atoms with Crippen molar-refractivity contribution in [2.24, 2.45) is 0 Å². The Bertz CT molecular complexity index is 669. The first-order valence-electron chi connectivity index (χ1n) is 8.54. The average molecular weight is 327 g/mol. The zero-order chi connectivity index (χ0) is 17.3. The summed E-state index contributed by atoms with van der Waals surface area (Å²) < 4.78 is 0. The van der Waals surface area contributed by atoms with Gasteiger partial charge < -0.3 is 14.7 Å². The largest absolute Gasteiger partial charge is 0.337 e. The molecule has 2 amide bonds. The van der Waals surface area contributed by atoms with Gasteiger partial charge >= 0.3 is 0 Å². The van der Waals surface area contributed by atoms with E-state index in [1.165, 1.54) is 6.08 Å². The number of nitrogens with zero attached hydrogens (tertiary/aromatic N) is 3. The number of amides is 2. The van der Waals surface area contributed by atoms with E-state index in [2.05, 4.69) is 25.6 Å². The Kier molecular flexibility index (Phi) is 4.71. The van der Waals surface area contributed by atoms with Crippen molar-refractivity contribution in [3.05, 3.63) is 42.0 Å². The lowest BCUT2D eigenvalue weighted by molar-refractivity contribution is -0.114. The van der Waals surface area contributed by atoms with Gasteiger partial charge in [-0.2, -0.15) is 0 Å². The van der Waals surface area contributed by atoms with Gasteiger partial charge in [-0.05, 0) is 63.2 Å². The summed E-state index contributed by atoms with van der Waals surface area (Å²) in [5.74, 6) is 0.0118. The summed E-state index contributed by atoms with van der Waals surface area (Å²) in [6, 6.07) is 6.15. The number of carbonyl (C=O) groups excluding carboxylic acids is 2. The Morgan fingerprint density at radius 2 is 2.08 bits per heavy atom. The van der Waals surface area contributed by atoms with Gasteiger partial charge in [-0.3, -0.25) is 9.59 Å². The Labute approximate surface area is 143 Å². The molecular weight excluding hydrogens is 302 g/mol. The van der Waals surface area contributed by atoms with Crippen LogP contribution in [0.3, 0.4) is 0 Å². The Balaban J connectivity index is 1.80. The molecule has 1 atom stereocenters. The molecule has 2 aliphatic rings. The van der Waals surface area contributed by atoms with Crippen molar-refractivity contribution in [1.29, 1.82) is 0 Å². The molecule has 0 aliphatic carbocycles. The van der Waals surface area contributed by atoms with Crippen LogP contribution in [0.4, 0.5) is 5.69 Å². The van der Waals surface area contributed by atoms with E-state index in [9.17, 15) is 9.59 Å². The van der Waals surface area contributed by atoms with Gasteiger partial charge in [-0.1, -0.05) is 6.58 Å². The molecule has 0 radical (unpaired) electrons. The summed E-state index contributed by atoms with van der Waals surface area (Å²) in [6.45, 7) is 5.87. The molecule has 1 aromatic rings. The molecule has 5 nitrogen and oxygen atoms in total. The van der Waals surface area contributed by atoms with Crippen molar-refractivity contribution in [1.82, 2.24) is 9.80 Å². The maximum absolute atomic E-state index is 12.8. The lowest BCUT2D eigenvalue weighted by Gasteiger charge is -2.29. The molecule has 0 spiro atoms. The molecular formula is C19H25N3O2. The molecule has 3 rings (SSSR count). The highest BCUT2D eigenvalue weighted by atomic mass is 16.2. The second-order valence-corrected chi connectivity index (χ2v) is 6.80. The van der Waals surface area contributed by atoms with Crippen LogP contribution in [0.15, 0.2) is 30.9 Å². The van der Waals surface area contributed by atoms with E-state index in [0.29, 0.717) is 12.6 Å². The minimum absolute atomic E-state index is 0.0802. The second-order valence-electron chi connectivity index (χ2n) is 6.80. The number of fused-ring (bicyclic) bond motifs is 1. The van der Waals surface area contributed by atoms with Crippen LogP contribution in [-0.2, 0) is 11.2 Å². The third kappa shape index (κ3) is 3.08. The van der Waals surface area contributed by atoms with Gasteiger partial charge in [0.15, 0.2) is 0 Å². The summed E-state index contributed by atoms with van der Waals surface area (Å²) in [5.41, 5.74) is 2.71. The molecule has 0 bridgehead atoms. The fourth-order valence-electron chi connectivity index (χ4n) is 3.60. The number of aryl methyl sites for hydroxylation is 1. The first kappa shape index (κ1) is 16.7. The summed E-state index contributed by atoms with van der Waals surface area (Å²) in [6.07, 6.45) is 4.18. The van der Waals surface area contributed by atoms with Crippen LogP contribution in [0.1, 0.15) is 28.8 Å². The van der Waals surface area contributed by atoms with Crippen molar-refractivity contribution >= 4 is 17.5 Å². The number of likely N-dealkylation sites (tertiary alicyclic amines) is 1. The smallest absolute Gasteiger partial charge is 0.253 e. The molecule has 0 saturated carbocycles. The number of hydrogen-bond donors (Lipinski definition) is 0. The van der Waals surface area contributed by atoms with E-state index in [-0.39, 0.29) is 11.8 Å². The fraction of sp³-hybridized carbons (Fsp3) is 0.474. The standard InChI is InChI=1S/C19H25N3O2/c1-4-18(23)22-10-5-6-14-12-15(7-8-17(14)22)19(24)21-11-9-16(13-21)20(2)3/h4,7-8,12,16H,1,5-6,9-11,13H2,2-3H3. The molecule has 1 saturated heterocycles. The second kappa shape index (κ2) is 6.77. The van der Waals surface area contributed by atoms with Gasteiger partial charge in [0.25, 0.3) is 5.91 Å².